The average molecular weight is 387 g/mol. The van der Waals surface area contributed by atoms with Crippen molar-refractivity contribution in [1.82, 2.24) is 0 Å². The van der Waals surface area contributed by atoms with Gasteiger partial charge in [0.2, 0.25) is 0 Å². The highest BCUT2D eigenvalue weighted by molar-refractivity contribution is 5.84. The molecular weight excluding hydrogens is 352 g/mol. The lowest BCUT2D eigenvalue weighted by Gasteiger charge is -2.18. The van der Waals surface area contributed by atoms with E-state index in [2.05, 4.69) is 19.1 Å². The minimum atomic E-state index is -0.772. The molecule has 0 aliphatic heterocycles. The van der Waals surface area contributed by atoms with Crippen molar-refractivity contribution in [2.24, 2.45) is 11.8 Å². The van der Waals surface area contributed by atoms with Gasteiger partial charge in [-0.2, -0.15) is 0 Å². The Morgan fingerprint density at radius 2 is 1.96 bits per heavy atom. The normalized spacial score (nSPS) is 20.7. The van der Waals surface area contributed by atoms with Gasteiger partial charge in [-0.1, -0.05) is 62.6 Å². The van der Waals surface area contributed by atoms with Crippen LogP contribution < -0.4 is 0 Å². The van der Waals surface area contributed by atoms with Crippen molar-refractivity contribution in [2.75, 3.05) is 0 Å². The second-order valence-electron chi connectivity index (χ2n) is 7.94. The second kappa shape index (κ2) is 11.8. The van der Waals surface area contributed by atoms with Gasteiger partial charge in [0.1, 0.15) is 5.78 Å². The number of allylic oxidation sites excluding steroid dienone is 1. The van der Waals surface area contributed by atoms with E-state index in [1.807, 2.05) is 24.3 Å². The molecule has 2 rings (SSSR count). The van der Waals surface area contributed by atoms with Crippen molar-refractivity contribution >= 4 is 11.8 Å². The van der Waals surface area contributed by atoms with Crippen LogP contribution in [0.2, 0.25) is 0 Å². The fraction of sp³-hybridized carbons (Fsp3) is 0.583. The Kier molecular flexibility index (Phi) is 9.42. The molecule has 154 valence electrons. The number of aliphatic hydroxyl groups excluding tert-OH is 1. The summed E-state index contributed by atoms with van der Waals surface area (Å²) < 4.78 is 0. The number of aliphatic carboxylic acids is 1. The molecule has 1 aromatic rings. The van der Waals surface area contributed by atoms with E-state index < -0.39 is 12.1 Å². The first-order valence-corrected chi connectivity index (χ1v) is 10.7. The van der Waals surface area contributed by atoms with Gasteiger partial charge in [0.15, 0.2) is 0 Å². The summed E-state index contributed by atoms with van der Waals surface area (Å²) in [4.78, 5) is 23.3. The monoisotopic (exact) mass is 386 g/mol. The molecule has 0 heterocycles. The van der Waals surface area contributed by atoms with Gasteiger partial charge in [0, 0.05) is 18.8 Å². The third kappa shape index (κ3) is 7.23. The molecule has 3 atom stereocenters. The second-order valence-corrected chi connectivity index (χ2v) is 7.94. The first-order valence-electron chi connectivity index (χ1n) is 10.7. The molecule has 0 radical (unpaired) electrons. The number of Topliss-reactive ketones (excluding diaryl/α,β-unsaturated/α-hetero) is 1. The van der Waals surface area contributed by atoms with Gasteiger partial charge < -0.3 is 10.2 Å². The standard InChI is InChI=1S/C24H34O4/c1-2-3-4-11-21(25)15-13-19-14-16-23(26)22(19)17-20-9-6-5-8-18(20)10-7-12-24(27)28/h5-6,8-9,13,15,19,21-22,25H,2-4,7,10-12,14,16-17H2,1H3,(H,27,28)/b15-13+/t19-,21-,22+/m0/s1. The van der Waals surface area contributed by atoms with Gasteiger partial charge in [-0.25, -0.2) is 0 Å². The quantitative estimate of drug-likeness (QED) is 0.402. The highest BCUT2D eigenvalue weighted by atomic mass is 16.4. The Bertz CT molecular complexity index is 664. The first-order chi connectivity index (χ1) is 13.5. The molecule has 0 unspecified atom stereocenters. The number of rotatable bonds is 12. The molecule has 0 spiro atoms. The summed E-state index contributed by atoms with van der Waals surface area (Å²) in [6.45, 7) is 2.15. The number of aryl methyl sites for hydroxylation is 1. The van der Waals surface area contributed by atoms with E-state index in [1.54, 1.807) is 0 Å². The molecule has 1 fully saturated rings. The number of carboxylic acids is 1. The van der Waals surface area contributed by atoms with Gasteiger partial charge in [0.05, 0.1) is 6.10 Å². The number of ketones is 1. The summed E-state index contributed by atoms with van der Waals surface area (Å²) in [5, 5.41) is 19.0. The number of unbranched alkanes of at least 4 members (excludes halogenated alkanes) is 2. The van der Waals surface area contributed by atoms with Gasteiger partial charge in [0.25, 0.3) is 0 Å². The van der Waals surface area contributed by atoms with Crippen LogP contribution in [0.15, 0.2) is 36.4 Å². The molecule has 4 heteroatoms. The largest absolute Gasteiger partial charge is 0.481 e. The Hall–Kier alpha value is -1.94. The Morgan fingerprint density at radius 3 is 2.68 bits per heavy atom. The van der Waals surface area contributed by atoms with Crippen LogP contribution in [0, 0.1) is 11.8 Å². The zero-order valence-corrected chi connectivity index (χ0v) is 17.0. The Morgan fingerprint density at radius 1 is 1.21 bits per heavy atom. The smallest absolute Gasteiger partial charge is 0.303 e. The maximum absolute atomic E-state index is 12.5. The fourth-order valence-corrected chi connectivity index (χ4v) is 4.07. The molecule has 0 saturated heterocycles. The van der Waals surface area contributed by atoms with E-state index in [-0.39, 0.29) is 18.3 Å². The summed E-state index contributed by atoms with van der Waals surface area (Å²) in [5.74, 6) is -0.332. The Labute approximate surface area is 168 Å². The van der Waals surface area contributed by atoms with E-state index in [4.69, 9.17) is 5.11 Å². The number of carbonyl (C=O) groups excluding carboxylic acids is 1. The molecule has 1 aliphatic rings. The minimum absolute atomic E-state index is 0.0419. The first kappa shape index (κ1) is 22.4. The lowest BCUT2D eigenvalue weighted by atomic mass is 9.86. The molecule has 1 aliphatic carbocycles. The lowest BCUT2D eigenvalue weighted by molar-refractivity contribution is -0.137. The third-order valence-corrected chi connectivity index (χ3v) is 5.73. The number of aliphatic hydroxyl groups is 1. The topological polar surface area (TPSA) is 74.6 Å². The summed E-state index contributed by atoms with van der Waals surface area (Å²) in [5.41, 5.74) is 2.29. The van der Waals surface area contributed by atoms with Crippen LogP contribution in [0.25, 0.3) is 0 Å². The van der Waals surface area contributed by atoms with Crippen LogP contribution in [0.1, 0.15) is 69.4 Å². The molecule has 2 N–H and O–H groups in total. The predicted molar refractivity (Wildman–Crippen MR) is 111 cm³/mol. The number of hydrogen-bond acceptors (Lipinski definition) is 3. The summed E-state index contributed by atoms with van der Waals surface area (Å²) >= 11 is 0. The van der Waals surface area contributed by atoms with Crippen LogP contribution in [0.3, 0.4) is 0 Å². The van der Waals surface area contributed by atoms with E-state index in [9.17, 15) is 14.7 Å². The molecular formula is C24H34O4. The Balaban J connectivity index is 1.99. The maximum Gasteiger partial charge on any atom is 0.303 e. The summed E-state index contributed by atoms with van der Waals surface area (Å²) in [7, 11) is 0. The number of benzene rings is 1. The van der Waals surface area contributed by atoms with Gasteiger partial charge in [-0.3, -0.25) is 9.59 Å². The van der Waals surface area contributed by atoms with Crippen molar-refractivity contribution in [1.29, 1.82) is 0 Å². The summed E-state index contributed by atoms with van der Waals surface area (Å²) in [6.07, 6.45) is 11.2. The van der Waals surface area contributed by atoms with Gasteiger partial charge in [-0.05, 0) is 49.1 Å². The van der Waals surface area contributed by atoms with Crippen molar-refractivity contribution in [3.63, 3.8) is 0 Å². The fourth-order valence-electron chi connectivity index (χ4n) is 4.07. The van der Waals surface area contributed by atoms with E-state index >= 15 is 0 Å². The van der Waals surface area contributed by atoms with E-state index in [0.717, 1.165) is 49.7 Å². The highest BCUT2D eigenvalue weighted by Crippen LogP contribution is 2.33. The minimum Gasteiger partial charge on any atom is -0.481 e. The van der Waals surface area contributed by atoms with E-state index in [0.29, 0.717) is 25.0 Å². The maximum atomic E-state index is 12.5. The van der Waals surface area contributed by atoms with Crippen LogP contribution in [-0.2, 0) is 22.4 Å². The van der Waals surface area contributed by atoms with E-state index in [1.165, 1.54) is 0 Å². The van der Waals surface area contributed by atoms with Gasteiger partial charge >= 0.3 is 5.97 Å². The van der Waals surface area contributed by atoms with Crippen molar-refractivity contribution < 1.29 is 19.8 Å². The predicted octanol–water partition coefficient (Wildman–Crippen LogP) is 4.73. The molecule has 4 nitrogen and oxygen atoms in total. The molecule has 0 aromatic heterocycles. The van der Waals surface area contributed by atoms with Gasteiger partial charge in [-0.15, -0.1) is 0 Å². The molecule has 0 bridgehead atoms. The number of carboxylic acid groups (broad SMARTS) is 1. The van der Waals surface area contributed by atoms with Crippen molar-refractivity contribution in [3.8, 4) is 0 Å². The van der Waals surface area contributed by atoms with Crippen LogP contribution in [0.5, 0.6) is 0 Å². The number of carbonyl (C=O) groups is 2. The van der Waals surface area contributed by atoms with Crippen LogP contribution >= 0.6 is 0 Å². The average Bonchev–Trinajstić information content (AvgIpc) is 3.01. The van der Waals surface area contributed by atoms with Crippen molar-refractivity contribution in [3.05, 3.63) is 47.5 Å². The zero-order valence-electron chi connectivity index (χ0n) is 17.0. The molecule has 1 aromatic carbocycles. The van der Waals surface area contributed by atoms with Crippen LogP contribution in [0.4, 0.5) is 0 Å². The highest BCUT2D eigenvalue weighted by Gasteiger charge is 2.33. The third-order valence-electron chi connectivity index (χ3n) is 5.73. The molecule has 1 saturated carbocycles. The van der Waals surface area contributed by atoms with Crippen LogP contribution in [-0.4, -0.2) is 28.1 Å². The summed E-state index contributed by atoms with van der Waals surface area (Å²) in [6, 6.07) is 8.05. The number of hydrogen-bond donors (Lipinski definition) is 2. The molecule has 28 heavy (non-hydrogen) atoms. The van der Waals surface area contributed by atoms with Crippen molar-refractivity contribution in [2.45, 2.75) is 77.2 Å². The zero-order chi connectivity index (χ0) is 20.4. The lowest BCUT2D eigenvalue weighted by Crippen LogP contribution is -2.18. The SMILES string of the molecule is CCCCC[C@H](O)/C=C/[C@H]1CCC(=O)[C@@H]1Cc1ccccc1CCCC(=O)O. The molecule has 0 amide bonds.